The van der Waals surface area contributed by atoms with Crippen LogP contribution in [0.25, 0.3) is 0 Å². The monoisotopic (exact) mass is 419 g/mol. The second-order valence-corrected chi connectivity index (χ2v) is 8.06. The fraction of sp³-hybridized carbons (Fsp3) is 0.105. The highest BCUT2D eigenvalue weighted by atomic mass is 32.2. The number of anilines is 1. The van der Waals surface area contributed by atoms with Crippen molar-refractivity contribution in [2.24, 2.45) is 0 Å². The van der Waals surface area contributed by atoms with Crippen LogP contribution in [0, 0.1) is 18.6 Å². The first-order chi connectivity index (χ1) is 13.7. The van der Waals surface area contributed by atoms with E-state index in [0.29, 0.717) is 4.68 Å². The van der Waals surface area contributed by atoms with Crippen LogP contribution in [0.4, 0.5) is 14.5 Å². The molecule has 10 heteroatoms. The number of carbonyl (C=O) groups excluding carboxylic acids is 1. The van der Waals surface area contributed by atoms with E-state index in [1.54, 1.807) is 19.1 Å². The predicted octanol–water partition coefficient (Wildman–Crippen LogP) is 2.30. The van der Waals surface area contributed by atoms with Gasteiger partial charge in [0.15, 0.2) is 5.03 Å². The summed E-state index contributed by atoms with van der Waals surface area (Å²) in [5.74, 6) is -2.51. The minimum absolute atomic E-state index is 0.0125. The van der Waals surface area contributed by atoms with Crippen LogP contribution in [0.3, 0.4) is 0 Å². The van der Waals surface area contributed by atoms with E-state index in [-0.39, 0.29) is 4.90 Å². The van der Waals surface area contributed by atoms with Crippen molar-refractivity contribution in [2.75, 3.05) is 5.32 Å². The Morgan fingerprint density at radius 3 is 2.59 bits per heavy atom. The molecule has 3 aromatic rings. The number of nitrogens with zero attached hydrogens (tertiary/aromatic N) is 2. The zero-order chi connectivity index (χ0) is 21.2. The van der Waals surface area contributed by atoms with E-state index in [1.807, 2.05) is 0 Å². The first kappa shape index (κ1) is 20.3. The predicted molar refractivity (Wildman–Crippen MR) is 100 cm³/mol. The van der Waals surface area contributed by atoms with Gasteiger partial charge < -0.3 is 5.32 Å². The molecule has 0 radical (unpaired) electrons. The van der Waals surface area contributed by atoms with E-state index in [1.165, 1.54) is 12.1 Å². The van der Waals surface area contributed by atoms with Crippen LogP contribution >= 0.6 is 0 Å². The summed E-state index contributed by atoms with van der Waals surface area (Å²) in [5.41, 5.74) is -0.425. The van der Waals surface area contributed by atoms with Crippen molar-refractivity contribution < 1.29 is 22.0 Å². The Morgan fingerprint density at radius 1 is 1.10 bits per heavy atom. The van der Waals surface area contributed by atoms with Gasteiger partial charge in [0, 0.05) is 12.1 Å². The Kier molecular flexibility index (Phi) is 5.55. The average molecular weight is 419 g/mol. The Labute approximate surface area is 164 Å². The lowest BCUT2D eigenvalue weighted by Gasteiger charge is -2.09. The summed E-state index contributed by atoms with van der Waals surface area (Å²) < 4.78 is 53.0. The number of rotatable bonds is 5. The molecule has 0 saturated carbocycles. The third-order valence-corrected chi connectivity index (χ3v) is 5.56. The summed E-state index contributed by atoms with van der Waals surface area (Å²) in [6.07, 6.45) is 0. The molecule has 3 rings (SSSR count). The van der Waals surface area contributed by atoms with E-state index in [9.17, 15) is 26.8 Å². The molecule has 0 unspecified atom stereocenters. The van der Waals surface area contributed by atoms with E-state index in [2.05, 4.69) is 10.4 Å². The van der Waals surface area contributed by atoms with Gasteiger partial charge in [0.1, 0.15) is 18.2 Å². The van der Waals surface area contributed by atoms with Crippen molar-refractivity contribution in [1.29, 1.82) is 0 Å². The fourth-order valence-electron chi connectivity index (χ4n) is 2.51. The van der Waals surface area contributed by atoms with Crippen molar-refractivity contribution in [3.05, 3.63) is 82.1 Å². The Morgan fingerprint density at radius 2 is 1.86 bits per heavy atom. The second kappa shape index (κ2) is 7.92. The maximum Gasteiger partial charge on any atom is 0.267 e. The third-order valence-electron chi connectivity index (χ3n) is 3.91. The van der Waals surface area contributed by atoms with Crippen LogP contribution in [-0.4, -0.2) is 24.1 Å². The number of benzene rings is 2. The van der Waals surface area contributed by atoms with Gasteiger partial charge in [-0.2, -0.15) is 5.10 Å². The molecule has 0 fully saturated rings. The second-order valence-electron chi connectivity index (χ2n) is 6.16. The van der Waals surface area contributed by atoms with Crippen molar-refractivity contribution in [2.45, 2.75) is 23.4 Å². The minimum Gasteiger partial charge on any atom is -0.322 e. The quantitative estimate of drug-likeness (QED) is 0.684. The molecule has 0 bridgehead atoms. The number of carbonyl (C=O) groups is 1. The summed E-state index contributed by atoms with van der Waals surface area (Å²) in [6.45, 7) is 1.04. The highest BCUT2D eigenvalue weighted by Crippen LogP contribution is 2.19. The number of hydrogen-bond acceptors (Lipinski definition) is 5. The maximum absolute atomic E-state index is 13.6. The van der Waals surface area contributed by atoms with Crippen molar-refractivity contribution in [1.82, 2.24) is 9.78 Å². The van der Waals surface area contributed by atoms with Gasteiger partial charge in [-0.05, 0) is 42.8 Å². The molecule has 1 amide bonds. The van der Waals surface area contributed by atoms with Crippen LogP contribution in [-0.2, 0) is 21.2 Å². The van der Waals surface area contributed by atoms with Gasteiger partial charge in [0.05, 0.1) is 10.6 Å². The smallest absolute Gasteiger partial charge is 0.267 e. The van der Waals surface area contributed by atoms with Crippen LogP contribution in [0.5, 0.6) is 0 Å². The fourth-order valence-corrected chi connectivity index (χ4v) is 3.80. The molecule has 150 valence electrons. The number of amides is 1. The molecule has 0 atom stereocenters. The normalized spacial score (nSPS) is 11.3. The summed E-state index contributed by atoms with van der Waals surface area (Å²) in [4.78, 5) is 24.1. The molecule has 29 heavy (non-hydrogen) atoms. The molecule has 0 spiro atoms. The molecule has 0 aliphatic heterocycles. The lowest BCUT2D eigenvalue weighted by atomic mass is 10.2. The van der Waals surface area contributed by atoms with Crippen LogP contribution in [0.1, 0.15) is 5.56 Å². The average Bonchev–Trinajstić information content (AvgIpc) is 2.66. The van der Waals surface area contributed by atoms with Crippen LogP contribution < -0.4 is 10.9 Å². The molecule has 0 aliphatic carbocycles. The lowest BCUT2D eigenvalue weighted by molar-refractivity contribution is -0.117. The standard InChI is InChI=1S/C19H15F2N3O4S/c1-12-3-2-4-14(9-12)29(27,28)18-7-8-19(26)24(23-18)11-17(25)22-16-10-13(20)5-6-15(16)21/h2-10H,11H2,1H3,(H,22,25). The number of sulfone groups is 1. The molecular formula is C19H15F2N3O4S. The van der Waals surface area contributed by atoms with E-state index in [4.69, 9.17) is 0 Å². The highest BCUT2D eigenvalue weighted by Gasteiger charge is 2.21. The largest absolute Gasteiger partial charge is 0.322 e. The summed E-state index contributed by atoms with van der Waals surface area (Å²) in [5, 5.41) is 5.46. The molecule has 1 aromatic heterocycles. The van der Waals surface area contributed by atoms with Crippen LogP contribution in [0.15, 0.2) is 69.3 Å². The van der Waals surface area contributed by atoms with Gasteiger partial charge in [-0.1, -0.05) is 12.1 Å². The summed E-state index contributed by atoms with van der Waals surface area (Å²) in [7, 11) is -4.02. The molecule has 1 heterocycles. The number of halogens is 2. The van der Waals surface area contributed by atoms with E-state index >= 15 is 0 Å². The van der Waals surface area contributed by atoms with Gasteiger partial charge in [-0.25, -0.2) is 21.9 Å². The topological polar surface area (TPSA) is 98.1 Å². The SMILES string of the molecule is Cc1cccc(S(=O)(=O)c2ccc(=O)n(CC(=O)Nc3cc(F)ccc3F)n2)c1. The number of hydrogen-bond donors (Lipinski definition) is 1. The van der Waals surface area contributed by atoms with Gasteiger partial charge in [0.25, 0.3) is 5.56 Å². The van der Waals surface area contributed by atoms with Crippen LogP contribution in [0.2, 0.25) is 0 Å². The first-order valence-electron chi connectivity index (χ1n) is 8.31. The number of nitrogens with one attached hydrogen (secondary N) is 1. The zero-order valence-corrected chi connectivity index (χ0v) is 15.9. The van der Waals surface area contributed by atoms with Gasteiger partial charge >= 0.3 is 0 Å². The van der Waals surface area contributed by atoms with E-state index in [0.717, 1.165) is 35.9 Å². The number of aryl methyl sites for hydroxylation is 1. The van der Waals surface area contributed by atoms with Crippen molar-refractivity contribution in [3.63, 3.8) is 0 Å². The first-order valence-corrected chi connectivity index (χ1v) is 9.80. The lowest BCUT2D eigenvalue weighted by Crippen LogP contribution is -2.30. The van der Waals surface area contributed by atoms with Gasteiger partial charge in [-0.15, -0.1) is 0 Å². The molecule has 1 N–H and O–H groups in total. The molecular weight excluding hydrogens is 404 g/mol. The van der Waals surface area contributed by atoms with Gasteiger partial charge in [0.2, 0.25) is 15.7 Å². The zero-order valence-electron chi connectivity index (χ0n) is 15.1. The molecule has 2 aromatic carbocycles. The Hall–Kier alpha value is -3.40. The highest BCUT2D eigenvalue weighted by molar-refractivity contribution is 7.91. The van der Waals surface area contributed by atoms with Gasteiger partial charge in [-0.3, -0.25) is 9.59 Å². The van der Waals surface area contributed by atoms with Crippen molar-refractivity contribution >= 4 is 21.4 Å². The molecule has 7 nitrogen and oxygen atoms in total. The number of aromatic nitrogens is 2. The third kappa shape index (κ3) is 4.54. The Balaban J connectivity index is 1.88. The molecule has 0 saturated heterocycles. The maximum atomic E-state index is 13.6. The minimum atomic E-state index is -4.02. The Bertz CT molecular complexity index is 1260. The summed E-state index contributed by atoms with van der Waals surface area (Å²) in [6, 6.07) is 10.6. The summed E-state index contributed by atoms with van der Waals surface area (Å²) >= 11 is 0. The van der Waals surface area contributed by atoms with E-state index < -0.39 is 50.2 Å². The molecule has 0 aliphatic rings. The van der Waals surface area contributed by atoms with Crippen molar-refractivity contribution in [3.8, 4) is 0 Å².